The molecule has 98 valence electrons. The molecule has 4 nitrogen and oxygen atoms in total. The molecule has 18 heavy (non-hydrogen) atoms. The fourth-order valence-electron chi connectivity index (χ4n) is 1.61. The van der Waals surface area contributed by atoms with Crippen molar-refractivity contribution >= 4 is 17.4 Å². The molecule has 1 aromatic carbocycles. The summed E-state index contributed by atoms with van der Waals surface area (Å²) in [6.07, 6.45) is 0. The van der Waals surface area contributed by atoms with Gasteiger partial charge in [-0.25, -0.2) is 0 Å². The van der Waals surface area contributed by atoms with Crippen molar-refractivity contribution in [3.05, 3.63) is 29.8 Å². The van der Waals surface area contributed by atoms with Crippen LogP contribution < -0.4 is 10.6 Å². The lowest BCUT2D eigenvalue weighted by Crippen LogP contribution is -2.41. The highest BCUT2D eigenvalue weighted by atomic mass is 16.2. The van der Waals surface area contributed by atoms with E-state index in [4.69, 9.17) is 0 Å². The molecular weight excluding hydrogens is 228 g/mol. The maximum Gasteiger partial charge on any atom is 0.241 e. The van der Waals surface area contributed by atoms with Crippen LogP contribution in [0.1, 0.15) is 38.1 Å². The minimum Gasteiger partial charge on any atom is -0.325 e. The fraction of sp³-hybridized carbons (Fsp3) is 0.429. The first-order valence-corrected chi connectivity index (χ1v) is 6.08. The van der Waals surface area contributed by atoms with E-state index in [1.165, 1.54) is 6.92 Å². The Balaban J connectivity index is 2.62. The van der Waals surface area contributed by atoms with Crippen molar-refractivity contribution in [2.24, 2.45) is 0 Å². The van der Waals surface area contributed by atoms with Crippen LogP contribution in [0, 0.1) is 0 Å². The standard InChI is InChI=1S/C14H20N2O2/c1-9(2)15-10(3)14(18)16-13-7-5-12(6-8-13)11(4)17/h5-10,15H,1-4H3,(H,16,18). The molecule has 0 saturated carbocycles. The third-order valence-electron chi connectivity index (χ3n) is 2.54. The van der Waals surface area contributed by atoms with Gasteiger partial charge in [-0.05, 0) is 38.1 Å². The summed E-state index contributed by atoms with van der Waals surface area (Å²) in [5, 5.41) is 5.93. The summed E-state index contributed by atoms with van der Waals surface area (Å²) in [6, 6.07) is 6.88. The summed E-state index contributed by atoms with van der Waals surface area (Å²) in [4.78, 5) is 22.9. The minimum absolute atomic E-state index is 0.0164. The topological polar surface area (TPSA) is 58.2 Å². The highest BCUT2D eigenvalue weighted by Crippen LogP contribution is 2.10. The normalized spacial score (nSPS) is 12.3. The lowest BCUT2D eigenvalue weighted by Gasteiger charge is -2.16. The van der Waals surface area contributed by atoms with Crippen LogP contribution in [0.4, 0.5) is 5.69 Å². The highest BCUT2D eigenvalue weighted by molar-refractivity contribution is 5.96. The zero-order valence-electron chi connectivity index (χ0n) is 11.3. The molecule has 0 aliphatic heterocycles. The van der Waals surface area contributed by atoms with Gasteiger partial charge in [-0.1, -0.05) is 13.8 Å². The van der Waals surface area contributed by atoms with E-state index in [2.05, 4.69) is 10.6 Å². The van der Waals surface area contributed by atoms with Gasteiger partial charge in [-0.3, -0.25) is 9.59 Å². The lowest BCUT2D eigenvalue weighted by atomic mass is 10.1. The number of amides is 1. The Morgan fingerprint density at radius 1 is 1.06 bits per heavy atom. The van der Waals surface area contributed by atoms with Crippen LogP contribution in [-0.4, -0.2) is 23.8 Å². The third-order valence-corrected chi connectivity index (χ3v) is 2.54. The molecule has 1 unspecified atom stereocenters. The summed E-state index contributed by atoms with van der Waals surface area (Å²) in [5.41, 5.74) is 1.34. The van der Waals surface area contributed by atoms with Gasteiger partial charge in [0.15, 0.2) is 5.78 Å². The van der Waals surface area contributed by atoms with Crippen molar-refractivity contribution in [2.75, 3.05) is 5.32 Å². The largest absolute Gasteiger partial charge is 0.325 e. The van der Waals surface area contributed by atoms with E-state index in [1.54, 1.807) is 24.3 Å². The second-order valence-corrected chi connectivity index (χ2v) is 4.67. The SMILES string of the molecule is CC(=O)c1ccc(NC(=O)C(C)NC(C)C)cc1. The lowest BCUT2D eigenvalue weighted by molar-refractivity contribution is -0.117. The number of anilines is 1. The number of rotatable bonds is 5. The Bertz CT molecular complexity index is 424. The van der Waals surface area contributed by atoms with Crippen LogP contribution in [-0.2, 0) is 4.79 Å². The Labute approximate surface area is 108 Å². The molecule has 0 aromatic heterocycles. The van der Waals surface area contributed by atoms with Crippen LogP contribution in [0.25, 0.3) is 0 Å². The van der Waals surface area contributed by atoms with E-state index in [1.807, 2.05) is 20.8 Å². The molecular formula is C14H20N2O2. The summed E-state index contributed by atoms with van der Waals surface area (Å²) >= 11 is 0. The minimum atomic E-state index is -0.252. The molecule has 0 radical (unpaired) electrons. The van der Waals surface area contributed by atoms with Crippen LogP contribution in [0.2, 0.25) is 0 Å². The van der Waals surface area contributed by atoms with E-state index in [9.17, 15) is 9.59 Å². The zero-order chi connectivity index (χ0) is 13.7. The Morgan fingerprint density at radius 2 is 1.61 bits per heavy atom. The van der Waals surface area contributed by atoms with Crippen molar-refractivity contribution in [1.29, 1.82) is 0 Å². The van der Waals surface area contributed by atoms with E-state index < -0.39 is 0 Å². The van der Waals surface area contributed by atoms with Gasteiger partial charge >= 0.3 is 0 Å². The molecule has 0 saturated heterocycles. The molecule has 0 aliphatic carbocycles. The predicted octanol–water partition coefficient (Wildman–Crippen LogP) is 2.21. The number of Topliss-reactive ketones (excluding diaryl/α,β-unsaturated/α-hetero) is 1. The monoisotopic (exact) mass is 248 g/mol. The molecule has 2 N–H and O–H groups in total. The number of hydrogen-bond donors (Lipinski definition) is 2. The van der Waals surface area contributed by atoms with Gasteiger partial charge in [-0.2, -0.15) is 0 Å². The molecule has 0 heterocycles. The number of benzene rings is 1. The van der Waals surface area contributed by atoms with Gasteiger partial charge in [0.25, 0.3) is 0 Å². The second kappa shape index (κ2) is 6.31. The quantitative estimate of drug-likeness (QED) is 0.785. The highest BCUT2D eigenvalue weighted by Gasteiger charge is 2.13. The van der Waals surface area contributed by atoms with Crippen LogP contribution in [0.3, 0.4) is 0 Å². The van der Waals surface area contributed by atoms with Gasteiger partial charge in [-0.15, -0.1) is 0 Å². The second-order valence-electron chi connectivity index (χ2n) is 4.67. The average Bonchev–Trinajstić information content (AvgIpc) is 2.28. The first-order chi connectivity index (χ1) is 8.40. The first-order valence-electron chi connectivity index (χ1n) is 6.08. The van der Waals surface area contributed by atoms with Gasteiger partial charge in [0, 0.05) is 17.3 Å². The molecule has 1 amide bonds. The number of hydrogen-bond acceptors (Lipinski definition) is 3. The molecule has 0 bridgehead atoms. The van der Waals surface area contributed by atoms with Gasteiger partial charge < -0.3 is 10.6 Å². The molecule has 1 rings (SSSR count). The summed E-state index contributed by atoms with van der Waals surface area (Å²) in [6.45, 7) is 7.32. The van der Waals surface area contributed by atoms with Crippen LogP contribution in [0.15, 0.2) is 24.3 Å². The van der Waals surface area contributed by atoms with E-state index >= 15 is 0 Å². The summed E-state index contributed by atoms with van der Waals surface area (Å²) in [7, 11) is 0. The molecule has 0 aliphatic rings. The third kappa shape index (κ3) is 4.30. The Kier molecular flexibility index (Phi) is 5.04. The van der Waals surface area contributed by atoms with Gasteiger partial charge in [0.1, 0.15) is 0 Å². The molecule has 1 atom stereocenters. The number of carbonyl (C=O) groups is 2. The number of carbonyl (C=O) groups excluding carboxylic acids is 2. The Morgan fingerprint density at radius 3 is 2.06 bits per heavy atom. The number of ketones is 1. The molecule has 0 spiro atoms. The van der Waals surface area contributed by atoms with Gasteiger partial charge in [0.2, 0.25) is 5.91 Å². The first kappa shape index (κ1) is 14.4. The smallest absolute Gasteiger partial charge is 0.241 e. The summed E-state index contributed by atoms with van der Waals surface area (Å²) < 4.78 is 0. The summed E-state index contributed by atoms with van der Waals surface area (Å²) in [5.74, 6) is -0.0676. The predicted molar refractivity (Wildman–Crippen MR) is 72.8 cm³/mol. The maximum absolute atomic E-state index is 11.8. The molecule has 1 aromatic rings. The molecule has 0 fully saturated rings. The van der Waals surface area contributed by atoms with Crippen LogP contribution >= 0.6 is 0 Å². The average molecular weight is 248 g/mol. The van der Waals surface area contributed by atoms with E-state index in [0.29, 0.717) is 11.3 Å². The Hall–Kier alpha value is -1.68. The van der Waals surface area contributed by atoms with Crippen molar-refractivity contribution < 1.29 is 9.59 Å². The van der Waals surface area contributed by atoms with Crippen molar-refractivity contribution in [3.8, 4) is 0 Å². The van der Waals surface area contributed by atoms with E-state index in [0.717, 1.165) is 0 Å². The van der Waals surface area contributed by atoms with Crippen molar-refractivity contribution in [3.63, 3.8) is 0 Å². The number of nitrogens with one attached hydrogen (secondary N) is 2. The van der Waals surface area contributed by atoms with Gasteiger partial charge in [0.05, 0.1) is 6.04 Å². The fourth-order valence-corrected chi connectivity index (χ4v) is 1.61. The van der Waals surface area contributed by atoms with Crippen LogP contribution in [0.5, 0.6) is 0 Å². The van der Waals surface area contributed by atoms with E-state index in [-0.39, 0.29) is 23.8 Å². The molecule has 4 heteroatoms. The van der Waals surface area contributed by atoms with Crippen molar-refractivity contribution in [1.82, 2.24) is 5.32 Å². The maximum atomic E-state index is 11.8. The van der Waals surface area contributed by atoms with Crippen molar-refractivity contribution in [2.45, 2.75) is 39.8 Å². The zero-order valence-corrected chi connectivity index (χ0v) is 11.3.